The van der Waals surface area contributed by atoms with E-state index in [1.165, 1.54) is 18.4 Å². The van der Waals surface area contributed by atoms with Gasteiger partial charge in [-0.3, -0.25) is 4.79 Å². The lowest BCUT2D eigenvalue weighted by molar-refractivity contribution is -0.123. The number of para-hydroxylation sites is 2. The Labute approximate surface area is 139 Å². The maximum atomic E-state index is 12.2. The summed E-state index contributed by atoms with van der Waals surface area (Å²) >= 11 is 1.24. The van der Waals surface area contributed by atoms with Crippen molar-refractivity contribution in [2.45, 2.75) is 20.8 Å². The van der Waals surface area contributed by atoms with E-state index in [-0.39, 0.29) is 5.91 Å². The van der Waals surface area contributed by atoms with Gasteiger partial charge >= 0.3 is 5.97 Å². The zero-order valence-electron chi connectivity index (χ0n) is 13.5. The van der Waals surface area contributed by atoms with Crippen molar-refractivity contribution in [3.63, 3.8) is 0 Å². The Bertz CT molecular complexity index is 715. The van der Waals surface area contributed by atoms with Crippen LogP contribution in [0.3, 0.4) is 0 Å². The smallest absolute Gasteiger partial charge is 0.351 e. The van der Waals surface area contributed by atoms with Gasteiger partial charge in [0.15, 0.2) is 16.4 Å². The predicted octanol–water partition coefficient (Wildman–Crippen LogP) is 4.31. The molecule has 0 bridgehead atoms. The molecule has 0 fully saturated rings. The van der Waals surface area contributed by atoms with Gasteiger partial charge in [-0.2, -0.15) is 0 Å². The van der Waals surface area contributed by atoms with Crippen molar-refractivity contribution in [2.75, 3.05) is 12.4 Å². The fourth-order valence-corrected chi connectivity index (χ4v) is 2.44. The summed E-state index contributed by atoms with van der Waals surface area (Å²) in [4.78, 5) is 24.3. The number of hydrogen-bond acceptors (Lipinski definition) is 5. The number of rotatable bonds is 4. The highest BCUT2D eigenvalue weighted by molar-refractivity contribution is 7.12. The van der Waals surface area contributed by atoms with Gasteiger partial charge in [0.1, 0.15) is 0 Å². The third-order valence-electron chi connectivity index (χ3n) is 3.04. The van der Waals surface area contributed by atoms with Crippen LogP contribution in [0, 0.1) is 5.41 Å². The Kier molecular flexibility index (Phi) is 5.05. The van der Waals surface area contributed by atoms with Crippen LogP contribution in [0.2, 0.25) is 0 Å². The second-order valence-electron chi connectivity index (χ2n) is 5.91. The summed E-state index contributed by atoms with van der Waals surface area (Å²) in [5, 5.41) is 4.60. The molecule has 2 aromatic rings. The molecule has 0 radical (unpaired) electrons. The molecule has 6 heteroatoms. The number of anilines is 1. The van der Waals surface area contributed by atoms with E-state index < -0.39 is 11.4 Å². The van der Waals surface area contributed by atoms with Crippen molar-refractivity contribution >= 4 is 28.9 Å². The minimum Gasteiger partial charge on any atom is -0.465 e. The molecule has 0 atom stereocenters. The Balaban J connectivity index is 2.27. The zero-order valence-corrected chi connectivity index (χ0v) is 14.3. The van der Waals surface area contributed by atoms with Crippen molar-refractivity contribution < 1.29 is 19.1 Å². The lowest BCUT2D eigenvalue weighted by Gasteiger charge is -2.19. The maximum absolute atomic E-state index is 12.2. The summed E-state index contributed by atoms with van der Waals surface area (Å²) < 4.78 is 10.5. The normalized spacial score (nSPS) is 11.0. The minimum atomic E-state index is -0.521. The van der Waals surface area contributed by atoms with E-state index >= 15 is 0 Å². The van der Waals surface area contributed by atoms with Crippen molar-refractivity contribution in [2.24, 2.45) is 5.41 Å². The molecule has 23 heavy (non-hydrogen) atoms. The summed E-state index contributed by atoms with van der Waals surface area (Å²) in [7, 11) is 1.32. The van der Waals surface area contributed by atoms with E-state index in [0.717, 1.165) is 0 Å². The number of methoxy groups -OCH3 is 1. The van der Waals surface area contributed by atoms with Gasteiger partial charge in [-0.15, -0.1) is 11.3 Å². The zero-order chi connectivity index (χ0) is 17.0. The van der Waals surface area contributed by atoms with Gasteiger partial charge in [0.2, 0.25) is 5.91 Å². The quantitative estimate of drug-likeness (QED) is 0.847. The first-order chi connectivity index (χ1) is 10.8. The van der Waals surface area contributed by atoms with Crippen molar-refractivity contribution in [1.29, 1.82) is 0 Å². The van der Waals surface area contributed by atoms with Gasteiger partial charge in [0.25, 0.3) is 0 Å². The number of amides is 1. The summed E-state index contributed by atoms with van der Waals surface area (Å²) in [6.45, 7) is 5.50. The summed E-state index contributed by atoms with van der Waals surface area (Å²) in [6.07, 6.45) is 0. The molecule has 0 aliphatic carbocycles. The van der Waals surface area contributed by atoms with Crippen LogP contribution in [0.1, 0.15) is 30.4 Å². The van der Waals surface area contributed by atoms with Crippen LogP contribution in [-0.2, 0) is 9.53 Å². The number of carbonyl (C=O) groups is 2. The molecule has 122 valence electrons. The molecule has 1 heterocycles. The molecule has 0 aliphatic rings. The molecule has 1 amide bonds. The molecular weight excluding hydrogens is 314 g/mol. The second-order valence-corrected chi connectivity index (χ2v) is 6.82. The van der Waals surface area contributed by atoms with Gasteiger partial charge in [-0.1, -0.05) is 32.9 Å². The highest BCUT2D eigenvalue weighted by Crippen LogP contribution is 2.34. The Morgan fingerprint density at radius 2 is 1.78 bits per heavy atom. The number of ether oxygens (including phenoxy) is 2. The fraction of sp³-hybridized carbons (Fsp3) is 0.294. The van der Waals surface area contributed by atoms with Crippen LogP contribution in [0.5, 0.6) is 11.5 Å². The monoisotopic (exact) mass is 333 g/mol. The van der Waals surface area contributed by atoms with Gasteiger partial charge in [-0.05, 0) is 23.6 Å². The van der Waals surface area contributed by atoms with E-state index in [9.17, 15) is 9.59 Å². The van der Waals surface area contributed by atoms with E-state index in [1.807, 2.05) is 20.8 Å². The van der Waals surface area contributed by atoms with Crippen molar-refractivity contribution in [3.8, 4) is 11.5 Å². The Morgan fingerprint density at radius 3 is 2.43 bits per heavy atom. The molecule has 1 N–H and O–H groups in total. The lowest BCUT2D eigenvalue weighted by Crippen LogP contribution is -2.27. The molecule has 0 aliphatic heterocycles. The van der Waals surface area contributed by atoms with E-state index in [0.29, 0.717) is 22.1 Å². The van der Waals surface area contributed by atoms with Crippen LogP contribution in [0.4, 0.5) is 5.69 Å². The number of benzene rings is 1. The molecule has 1 aromatic carbocycles. The molecule has 0 saturated heterocycles. The summed E-state index contributed by atoms with van der Waals surface area (Å²) in [6, 6.07) is 8.78. The third-order valence-corrected chi connectivity index (χ3v) is 3.91. The van der Waals surface area contributed by atoms with Crippen LogP contribution < -0.4 is 10.1 Å². The van der Waals surface area contributed by atoms with Crippen molar-refractivity contribution in [1.82, 2.24) is 0 Å². The number of hydrogen-bond donors (Lipinski definition) is 1. The third kappa shape index (κ3) is 4.10. The number of esters is 1. The molecule has 5 nitrogen and oxygen atoms in total. The Hall–Kier alpha value is -2.34. The first-order valence-electron chi connectivity index (χ1n) is 7.07. The highest BCUT2D eigenvalue weighted by Gasteiger charge is 2.23. The van der Waals surface area contributed by atoms with Crippen molar-refractivity contribution in [3.05, 3.63) is 40.6 Å². The summed E-state index contributed by atoms with van der Waals surface area (Å²) in [5.74, 6) is 0.297. The maximum Gasteiger partial charge on any atom is 0.351 e. The number of carbonyl (C=O) groups excluding carboxylic acids is 2. The van der Waals surface area contributed by atoms with E-state index in [2.05, 4.69) is 5.32 Å². The highest BCUT2D eigenvalue weighted by atomic mass is 32.1. The fourth-order valence-electron chi connectivity index (χ4n) is 1.71. The molecule has 0 spiro atoms. The number of thiophene rings is 1. The van der Waals surface area contributed by atoms with E-state index in [1.54, 1.807) is 35.7 Å². The van der Waals surface area contributed by atoms with Crippen LogP contribution >= 0.6 is 11.3 Å². The van der Waals surface area contributed by atoms with Gasteiger partial charge < -0.3 is 14.8 Å². The van der Waals surface area contributed by atoms with Gasteiger partial charge in [0, 0.05) is 5.41 Å². The lowest BCUT2D eigenvalue weighted by atomic mass is 9.95. The molecular formula is C17H19NO4S. The van der Waals surface area contributed by atoms with Crippen LogP contribution in [0.15, 0.2) is 35.7 Å². The first-order valence-corrected chi connectivity index (χ1v) is 7.95. The molecule has 2 rings (SSSR count). The largest absolute Gasteiger partial charge is 0.465 e. The molecule has 1 aromatic heterocycles. The van der Waals surface area contributed by atoms with Gasteiger partial charge in [-0.25, -0.2) is 4.79 Å². The average molecular weight is 333 g/mol. The summed E-state index contributed by atoms with van der Waals surface area (Å²) in [5.41, 5.74) is 0.0292. The predicted molar refractivity (Wildman–Crippen MR) is 90.3 cm³/mol. The first kappa shape index (κ1) is 17.0. The average Bonchev–Trinajstić information content (AvgIpc) is 2.95. The van der Waals surface area contributed by atoms with Crippen LogP contribution in [-0.4, -0.2) is 19.0 Å². The minimum absolute atomic E-state index is 0.118. The second kappa shape index (κ2) is 6.83. The van der Waals surface area contributed by atoms with Gasteiger partial charge in [0.05, 0.1) is 12.8 Å². The molecule has 0 saturated carbocycles. The standard InChI is InChI=1S/C17H19NO4S/c1-17(2,3)16(20)18-11-7-5-6-8-12(11)22-13-9-10-23-14(13)15(19)21-4/h5-10H,1-4H3,(H,18,20). The molecule has 0 unspecified atom stereocenters. The van der Waals surface area contributed by atoms with Crippen LogP contribution in [0.25, 0.3) is 0 Å². The van der Waals surface area contributed by atoms with E-state index in [4.69, 9.17) is 9.47 Å². The topological polar surface area (TPSA) is 64.6 Å². The number of nitrogens with one attached hydrogen (secondary N) is 1. The SMILES string of the molecule is COC(=O)c1sccc1Oc1ccccc1NC(=O)C(C)(C)C. The Morgan fingerprint density at radius 1 is 1.09 bits per heavy atom.